The number of quaternary nitrogens is 1. The largest absolute Gasteiger partial charge is 0.479 e. The Morgan fingerprint density at radius 3 is 2.00 bits per heavy atom. The van der Waals surface area contributed by atoms with Gasteiger partial charge in [-0.05, 0) is 33.6 Å². The highest BCUT2D eigenvalue weighted by atomic mass is 16.6. The minimum atomic E-state index is -1.97. The minimum Gasteiger partial charge on any atom is -0.479 e. The number of carboxylic acid groups (broad SMARTS) is 1. The van der Waals surface area contributed by atoms with Crippen molar-refractivity contribution >= 4 is 11.9 Å². The van der Waals surface area contributed by atoms with Gasteiger partial charge in [0, 0.05) is 0 Å². The van der Waals surface area contributed by atoms with Crippen molar-refractivity contribution < 1.29 is 23.9 Å². The summed E-state index contributed by atoms with van der Waals surface area (Å²) in [6.07, 6.45) is 0.596. The molecular formula is C13H27N2O4+. The monoisotopic (exact) mass is 275 g/mol. The molecule has 6 heteroatoms. The van der Waals surface area contributed by atoms with Crippen molar-refractivity contribution in [2.45, 2.75) is 44.8 Å². The standard InChI is InChI=1S/C13H26N2O4/c1-12(2,3)19-11(18)13(14,10(16)17)8-7-9-15(4,5)6/h7-9,14H2,1-6H3/p+1. The van der Waals surface area contributed by atoms with Crippen molar-refractivity contribution in [3.05, 3.63) is 0 Å². The third-order valence-corrected chi connectivity index (χ3v) is 2.54. The number of hydrogen-bond donors (Lipinski definition) is 2. The molecule has 0 saturated heterocycles. The number of rotatable bonds is 6. The summed E-state index contributed by atoms with van der Waals surface area (Å²) in [4.78, 5) is 23.2. The lowest BCUT2D eigenvalue weighted by molar-refractivity contribution is -0.870. The lowest BCUT2D eigenvalue weighted by atomic mass is 9.94. The Morgan fingerprint density at radius 2 is 1.68 bits per heavy atom. The maximum atomic E-state index is 11.9. The van der Waals surface area contributed by atoms with E-state index in [2.05, 4.69) is 0 Å². The predicted molar refractivity (Wildman–Crippen MR) is 72.5 cm³/mol. The highest BCUT2D eigenvalue weighted by molar-refractivity contribution is 6.03. The van der Waals surface area contributed by atoms with Gasteiger partial charge in [0.05, 0.1) is 27.7 Å². The third-order valence-electron chi connectivity index (χ3n) is 2.54. The molecule has 19 heavy (non-hydrogen) atoms. The predicted octanol–water partition coefficient (Wildman–Crippen LogP) is 0.597. The summed E-state index contributed by atoms with van der Waals surface area (Å²) in [5.74, 6) is -2.22. The van der Waals surface area contributed by atoms with Gasteiger partial charge < -0.3 is 20.1 Å². The van der Waals surface area contributed by atoms with Crippen molar-refractivity contribution in [2.24, 2.45) is 5.73 Å². The molecule has 0 amide bonds. The van der Waals surface area contributed by atoms with Crippen LogP contribution in [0.2, 0.25) is 0 Å². The van der Waals surface area contributed by atoms with Crippen LogP contribution in [0.3, 0.4) is 0 Å². The molecule has 0 aliphatic heterocycles. The van der Waals surface area contributed by atoms with Gasteiger partial charge in [-0.3, -0.25) is 0 Å². The third kappa shape index (κ3) is 6.54. The normalized spacial score (nSPS) is 15.7. The maximum Gasteiger partial charge on any atom is 0.338 e. The average Bonchev–Trinajstić information content (AvgIpc) is 2.11. The van der Waals surface area contributed by atoms with Gasteiger partial charge in [-0.25, -0.2) is 9.59 Å². The van der Waals surface area contributed by atoms with E-state index in [1.165, 1.54) is 0 Å². The van der Waals surface area contributed by atoms with Gasteiger partial charge in [-0.15, -0.1) is 0 Å². The summed E-state index contributed by atoms with van der Waals surface area (Å²) >= 11 is 0. The number of esters is 1. The fourth-order valence-corrected chi connectivity index (χ4v) is 1.50. The van der Waals surface area contributed by atoms with E-state index in [1.807, 2.05) is 21.1 Å². The van der Waals surface area contributed by atoms with Gasteiger partial charge in [0.1, 0.15) is 5.60 Å². The molecule has 6 nitrogen and oxygen atoms in total. The lowest BCUT2D eigenvalue weighted by Gasteiger charge is -2.29. The molecule has 0 heterocycles. The fraction of sp³-hybridized carbons (Fsp3) is 0.846. The van der Waals surface area contributed by atoms with Gasteiger partial charge in [-0.1, -0.05) is 0 Å². The first-order valence-corrected chi connectivity index (χ1v) is 6.34. The van der Waals surface area contributed by atoms with E-state index in [0.29, 0.717) is 10.9 Å². The molecule has 0 aromatic carbocycles. The average molecular weight is 275 g/mol. The molecule has 1 unspecified atom stereocenters. The van der Waals surface area contributed by atoms with Gasteiger partial charge in [-0.2, -0.15) is 0 Å². The zero-order chi connectivity index (χ0) is 15.5. The molecule has 0 aliphatic rings. The van der Waals surface area contributed by atoms with E-state index >= 15 is 0 Å². The molecule has 1 atom stereocenters. The van der Waals surface area contributed by atoms with E-state index in [9.17, 15) is 14.7 Å². The van der Waals surface area contributed by atoms with Crippen molar-refractivity contribution in [1.29, 1.82) is 0 Å². The van der Waals surface area contributed by atoms with Crippen molar-refractivity contribution in [1.82, 2.24) is 0 Å². The smallest absolute Gasteiger partial charge is 0.338 e. The Hall–Kier alpha value is -1.14. The SMILES string of the molecule is CC(C)(C)OC(=O)C(N)(CCC[N+](C)(C)C)C(=O)O. The Morgan fingerprint density at radius 1 is 1.21 bits per heavy atom. The quantitative estimate of drug-likeness (QED) is 0.421. The molecular weight excluding hydrogens is 248 g/mol. The number of hydrogen-bond acceptors (Lipinski definition) is 4. The zero-order valence-corrected chi connectivity index (χ0v) is 12.8. The van der Waals surface area contributed by atoms with E-state index in [-0.39, 0.29) is 6.42 Å². The van der Waals surface area contributed by atoms with E-state index < -0.39 is 23.1 Å². The zero-order valence-electron chi connectivity index (χ0n) is 12.8. The summed E-state index contributed by atoms with van der Waals surface area (Å²) < 4.78 is 5.78. The molecule has 0 aliphatic carbocycles. The Balaban J connectivity index is 4.77. The maximum absolute atomic E-state index is 11.9. The second-order valence-corrected chi connectivity index (χ2v) is 6.90. The number of carbonyl (C=O) groups excluding carboxylic acids is 1. The first-order valence-electron chi connectivity index (χ1n) is 6.34. The summed E-state index contributed by atoms with van der Waals surface area (Å²) in [7, 11) is 5.98. The van der Waals surface area contributed by atoms with Gasteiger partial charge in [0.25, 0.3) is 0 Å². The molecule has 112 valence electrons. The van der Waals surface area contributed by atoms with Crippen LogP contribution in [0.5, 0.6) is 0 Å². The van der Waals surface area contributed by atoms with Crippen LogP contribution in [0, 0.1) is 0 Å². The van der Waals surface area contributed by atoms with Crippen LogP contribution in [-0.4, -0.2) is 60.4 Å². The number of ether oxygens (including phenoxy) is 1. The Bertz CT molecular complexity index is 342. The summed E-state index contributed by atoms with van der Waals surface area (Å²) in [5, 5.41) is 9.20. The van der Waals surface area contributed by atoms with E-state index in [0.717, 1.165) is 6.54 Å². The van der Waals surface area contributed by atoms with E-state index in [4.69, 9.17) is 10.5 Å². The highest BCUT2D eigenvalue weighted by Gasteiger charge is 2.45. The lowest BCUT2D eigenvalue weighted by Crippen LogP contribution is -2.57. The summed E-state index contributed by atoms with van der Waals surface area (Å²) in [6, 6.07) is 0. The highest BCUT2D eigenvalue weighted by Crippen LogP contribution is 2.18. The molecule has 0 radical (unpaired) electrons. The fourth-order valence-electron chi connectivity index (χ4n) is 1.50. The molecule has 0 saturated carbocycles. The molecule has 0 aromatic rings. The second-order valence-electron chi connectivity index (χ2n) is 6.90. The number of aliphatic carboxylic acids is 1. The van der Waals surface area contributed by atoms with Crippen LogP contribution in [0.1, 0.15) is 33.6 Å². The van der Waals surface area contributed by atoms with Crippen molar-refractivity contribution in [3.63, 3.8) is 0 Å². The molecule has 0 rings (SSSR count). The van der Waals surface area contributed by atoms with Crippen LogP contribution in [0.25, 0.3) is 0 Å². The minimum absolute atomic E-state index is 0.0623. The van der Waals surface area contributed by atoms with Gasteiger partial charge >= 0.3 is 11.9 Å². The first-order chi connectivity index (χ1) is 8.28. The van der Waals surface area contributed by atoms with Crippen molar-refractivity contribution in [2.75, 3.05) is 27.7 Å². The second kappa shape index (κ2) is 5.88. The molecule has 3 N–H and O–H groups in total. The van der Waals surface area contributed by atoms with Crippen molar-refractivity contribution in [3.8, 4) is 0 Å². The van der Waals surface area contributed by atoms with Crippen LogP contribution in [0.4, 0.5) is 0 Å². The van der Waals surface area contributed by atoms with Gasteiger partial charge in [0.15, 0.2) is 0 Å². The molecule has 0 aromatic heterocycles. The first kappa shape index (κ1) is 17.9. The van der Waals surface area contributed by atoms with Crippen LogP contribution in [0.15, 0.2) is 0 Å². The topological polar surface area (TPSA) is 89.6 Å². The molecule has 0 fully saturated rings. The summed E-state index contributed by atoms with van der Waals surface area (Å²) in [5.41, 5.74) is 3.02. The number of carbonyl (C=O) groups is 2. The summed E-state index contributed by atoms with van der Waals surface area (Å²) in [6.45, 7) is 5.77. The number of carboxylic acids is 1. The Labute approximate surface area is 115 Å². The van der Waals surface area contributed by atoms with Crippen LogP contribution < -0.4 is 5.73 Å². The molecule has 0 bridgehead atoms. The number of nitrogens with zero attached hydrogens (tertiary/aromatic N) is 1. The Kier molecular flexibility index (Phi) is 5.53. The number of nitrogens with two attached hydrogens (primary N) is 1. The van der Waals surface area contributed by atoms with Crippen LogP contribution in [-0.2, 0) is 14.3 Å². The van der Waals surface area contributed by atoms with Gasteiger partial charge in [0.2, 0.25) is 5.54 Å². The van der Waals surface area contributed by atoms with Crippen LogP contribution >= 0.6 is 0 Å². The molecule has 0 spiro atoms. The van der Waals surface area contributed by atoms with E-state index in [1.54, 1.807) is 20.8 Å².